The fourth-order valence-corrected chi connectivity index (χ4v) is 2.52. The van der Waals surface area contributed by atoms with E-state index in [2.05, 4.69) is 11.7 Å². The van der Waals surface area contributed by atoms with Gasteiger partial charge in [-0.15, -0.1) is 6.58 Å². The Morgan fingerprint density at radius 1 is 1.14 bits per heavy atom. The van der Waals surface area contributed by atoms with Gasteiger partial charge in [0, 0.05) is 24.2 Å². The molecule has 0 aliphatic carbocycles. The van der Waals surface area contributed by atoms with Crippen molar-refractivity contribution in [1.82, 2.24) is 9.78 Å². The third-order valence-electron chi connectivity index (χ3n) is 3.63. The van der Waals surface area contributed by atoms with Gasteiger partial charge in [0.2, 0.25) is 0 Å². The predicted octanol–water partition coefficient (Wildman–Crippen LogP) is 3.86. The number of hydrogen-bond acceptors (Lipinski definition) is 2. The van der Waals surface area contributed by atoms with Gasteiger partial charge in [-0.2, -0.15) is 18.3 Å². The largest absolute Gasteiger partial charge is 0.416 e. The number of fused-ring (bicyclic) bond motifs is 1. The van der Waals surface area contributed by atoms with Gasteiger partial charge >= 0.3 is 6.18 Å². The third-order valence-corrected chi connectivity index (χ3v) is 3.63. The van der Waals surface area contributed by atoms with Crippen molar-refractivity contribution in [2.24, 2.45) is 5.92 Å². The summed E-state index contributed by atoms with van der Waals surface area (Å²) in [7, 11) is 0. The van der Waals surface area contributed by atoms with E-state index in [1.807, 2.05) is 21.7 Å². The number of rotatable bonds is 2. The second-order valence-electron chi connectivity index (χ2n) is 5.02. The molecule has 0 bridgehead atoms. The van der Waals surface area contributed by atoms with Crippen molar-refractivity contribution in [2.75, 3.05) is 11.4 Å². The van der Waals surface area contributed by atoms with Crippen molar-refractivity contribution >= 4 is 11.5 Å². The molecular weight excluding hydrogens is 279 g/mol. The minimum atomic E-state index is -4.31. The average Bonchev–Trinajstić information content (AvgIpc) is 2.93. The van der Waals surface area contributed by atoms with Crippen molar-refractivity contribution in [3.05, 3.63) is 54.7 Å². The van der Waals surface area contributed by atoms with Crippen LogP contribution in [-0.2, 0) is 12.7 Å². The maximum atomic E-state index is 12.6. The van der Waals surface area contributed by atoms with E-state index in [1.54, 1.807) is 6.20 Å². The lowest BCUT2D eigenvalue weighted by Gasteiger charge is -2.33. The van der Waals surface area contributed by atoms with Gasteiger partial charge < -0.3 is 4.90 Å². The Kier molecular flexibility index (Phi) is 3.23. The minimum absolute atomic E-state index is 0.208. The first-order chi connectivity index (χ1) is 9.99. The molecule has 21 heavy (non-hydrogen) atoms. The van der Waals surface area contributed by atoms with Crippen molar-refractivity contribution in [2.45, 2.75) is 12.7 Å². The van der Waals surface area contributed by atoms with Crippen LogP contribution in [0.2, 0.25) is 0 Å². The Labute approximate surface area is 120 Å². The van der Waals surface area contributed by atoms with Crippen LogP contribution in [0.5, 0.6) is 0 Å². The van der Waals surface area contributed by atoms with Crippen LogP contribution >= 0.6 is 0 Å². The molecule has 1 unspecified atom stereocenters. The molecule has 3 rings (SSSR count). The fourth-order valence-electron chi connectivity index (χ4n) is 2.52. The van der Waals surface area contributed by atoms with Gasteiger partial charge in [0.15, 0.2) is 0 Å². The predicted molar refractivity (Wildman–Crippen MR) is 74.4 cm³/mol. The summed E-state index contributed by atoms with van der Waals surface area (Å²) in [5.41, 5.74) is 0.0772. The second-order valence-corrected chi connectivity index (χ2v) is 5.02. The first-order valence-electron chi connectivity index (χ1n) is 6.58. The van der Waals surface area contributed by atoms with Crippen molar-refractivity contribution in [3.8, 4) is 0 Å². The maximum absolute atomic E-state index is 12.6. The monoisotopic (exact) mass is 293 g/mol. The molecule has 0 N–H and O–H groups in total. The normalized spacial score (nSPS) is 18.4. The lowest BCUT2D eigenvalue weighted by Crippen LogP contribution is -2.34. The molecule has 6 heteroatoms. The molecule has 1 aliphatic heterocycles. The smallest absolute Gasteiger partial charge is 0.326 e. The Morgan fingerprint density at radius 2 is 1.86 bits per heavy atom. The van der Waals surface area contributed by atoms with Crippen LogP contribution in [0.3, 0.4) is 0 Å². The summed E-state index contributed by atoms with van der Waals surface area (Å²) in [4.78, 5) is 1.96. The zero-order valence-corrected chi connectivity index (χ0v) is 11.2. The van der Waals surface area contributed by atoms with Crippen molar-refractivity contribution < 1.29 is 13.2 Å². The lowest BCUT2D eigenvalue weighted by molar-refractivity contribution is -0.137. The molecule has 0 spiro atoms. The Balaban J connectivity index is 1.95. The first kappa shape index (κ1) is 13.7. The zero-order chi connectivity index (χ0) is 15.0. The molecule has 1 atom stereocenters. The highest BCUT2D eigenvalue weighted by molar-refractivity contribution is 5.61. The highest BCUT2D eigenvalue weighted by Crippen LogP contribution is 2.34. The topological polar surface area (TPSA) is 21.1 Å². The van der Waals surface area contributed by atoms with E-state index in [4.69, 9.17) is 0 Å². The van der Waals surface area contributed by atoms with E-state index in [1.165, 1.54) is 12.1 Å². The standard InChI is InChI=1S/C15H14F3N3/c1-2-11-9-20(14-7-8-19-21(14)10-11)13-5-3-12(4-6-13)15(16,17)18/h2-8,11H,1,9-10H2. The molecule has 1 aromatic heterocycles. The average molecular weight is 293 g/mol. The molecule has 1 aromatic carbocycles. The van der Waals surface area contributed by atoms with Crippen LogP contribution in [-0.4, -0.2) is 16.3 Å². The van der Waals surface area contributed by atoms with Gasteiger partial charge in [-0.25, -0.2) is 4.68 Å². The van der Waals surface area contributed by atoms with E-state index in [9.17, 15) is 13.2 Å². The van der Waals surface area contributed by atoms with Crippen molar-refractivity contribution in [3.63, 3.8) is 0 Å². The Morgan fingerprint density at radius 3 is 2.48 bits per heavy atom. The summed E-state index contributed by atoms with van der Waals surface area (Å²) < 4.78 is 39.7. The number of anilines is 2. The van der Waals surface area contributed by atoms with Crippen LogP contribution in [0.25, 0.3) is 0 Å². The summed E-state index contributed by atoms with van der Waals surface area (Å²) in [5, 5.41) is 4.23. The number of benzene rings is 1. The summed E-state index contributed by atoms with van der Waals surface area (Å²) in [6.45, 7) is 5.22. The van der Waals surface area contributed by atoms with Gasteiger partial charge in [0.1, 0.15) is 5.82 Å². The van der Waals surface area contributed by atoms with Crippen LogP contribution < -0.4 is 4.90 Å². The van der Waals surface area contributed by atoms with Crippen LogP contribution in [0.1, 0.15) is 5.56 Å². The van der Waals surface area contributed by atoms with Gasteiger partial charge in [0.25, 0.3) is 0 Å². The molecule has 1 aliphatic rings. The maximum Gasteiger partial charge on any atom is 0.416 e. The van der Waals surface area contributed by atoms with E-state index in [0.717, 1.165) is 30.2 Å². The minimum Gasteiger partial charge on any atom is -0.326 e. The van der Waals surface area contributed by atoms with E-state index < -0.39 is 11.7 Å². The van der Waals surface area contributed by atoms with Gasteiger partial charge in [0.05, 0.1) is 18.3 Å². The SMILES string of the molecule is C=CC1CN(c2ccc(C(F)(F)F)cc2)c2ccnn2C1. The van der Waals surface area contributed by atoms with Gasteiger partial charge in [-0.1, -0.05) is 6.08 Å². The van der Waals surface area contributed by atoms with Gasteiger partial charge in [-0.05, 0) is 24.3 Å². The second kappa shape index (κ2) is 4.95. The molecule has 0 radical (unpaired) electrons. The number of aromatic nitrogens is 2. The van der Waals surface area contributed by atoms with Gasteiger partial charge in [-0.3, -0.25) is 0 Å². The van der Waals surface area contributed by atoms with E-state index >= 15 is 0 Å². The van der Waals surface area contributed by atoms with Crippen molar-refractivity contribution in [1.29, 1.82) is 0 Å². The summed E-state index contributed by atoms with van der Waals surface area (Å²) in [6.07, 6.45) is -0.772. The summed E-state index contributed by atoms with van der Waals surface area (Å²) in [5.74, 6) is 1.09. The lowest BCUT2D eigenvalue weighted by atomic mass is 10.1. The van der Waals surface area contributed by atoms with Crippen LogP contribution in [0.4, 0.5) is 24.7 Å². The molecule has 0 saturated carbocycles. The van der Waals surface area contributed by atoms with Crippen LogP contribution in [0, 0.1) is 5.92 Å². The quantitative estimate of drug-likeness (QED) is 0.784. The molecule has 2 aromatic rings. The first-order valence-corrected chi connectivity index (χ1v) is 6.58. The highest BCUT2D eigenvalue weighted by atomic mass is 19.4. The van der Waals surface area contributed by atoms with Crippen LogP contribution in [0.15, 0.2) is 49.2 Å². The molecule has 0 fully saturated rings. The molecule has 2 heterocycles. The number of nitrogens with zero attached hydrogens (tertiary/aromatic N) is 3. The van der Waals surface area contributed by atoms with E-state index in [0.29, 0.717) is 6.54 Å². The third kappa shape index (κ3) is 2.53. The number of alkyl halides is 3. The zero-order valence-electron chi connectivity index (χ0n) is 11.2. The summed E-state index contributed by atoms with van der Waals surface area (Å²) >= 11 is 0. The highest BCUT2D eigenvalue weighted by Gasteiger charge is 2.31. The number of halogens is 3. The molecule has 0 saturated heterocycles. The van der Waals surface area contributed by atoms with E-state index in [-0.39, 0.29) is 5.92 Å². The fraction of sp³-hybridized carbons (Fsp3) is 0.267. The summed E-state index contributed by atoms with van der Waals surface area (Å²) in [6, 6.07) is 7.05. The molecule has 110 valence electrons. The molecule has 0 amide bonds. The Hall–Kier alpha value is -2.24. The Bertz CT molecular complexity index is 643. The molecular formula is C15H14F3N3. The molecule has 3 nitrogen and oxygen atoms in total. The number of hydrogen-bond donors (Lipinski definition) is 0.